The van der Waals surface area contributed by atoms with Gasteiger partial charge in [-0.1, -0.05) is 30.8 Å². The number of nitrogens with zero attached hydrogens (tertiary/aromatic N) is 3. The van der Waals surface area contributed by atoms with Crippen LogP contribution in [0.15, 0.2) is 32.6 Å². The number of aromatic nitrogens is 3. The van der Waals surface area contributed by atoms with Crippen molar-refractivity contribution in [3.05, 3.63) is 48.8 Å². The summed E-state index contributed by atoms with van der Waals surface area (Å²) in [6, 6.07) is 4.89. The lowest BCUT2D eigenvalue weighted by molar-refractivity contribution is -0.385. The van der Waals surface area contributed by atoms with Crippen molar-refractivity contribution in [1.82, 2.24) is 14.8 Å². The van der Waals surface area contributed by atoms with E-state index < -0.39 is 4.92 Å². The number of nitrogens with one attached hydrogen (secondary N) is 1. The molecule has 9 heteroatoms. The Morgan fingerprint density at radius 2 is 2.29 bits per heavy atom. The second kappa shape index (κ2) is 6.90. The van der Waals surface area contributed by atoms with Crippen LogP contribution in [0.4, 0.5) is 5.69 Å². The number of nitro groups is 1. The Labute approximate surface area is 133 Å². The summed E-state index contributed by atoms with van der Waals surface area (Å²) in [6.45, 7) is 2.57. The van der Waals surface area contributed by atoms with E-state index in [1.165, 1.54) is 17.8 Å². The molecule has 0 radical (unpaired) electrons. The van der Waals surface area contributed by atoms with Crippen LogP contribution >= 0.6 is 27.7 Å². The lowest BCUT2D eigenvalue weighted by atomic mass is 10.2. The van der Waals surface area contributed by atoms with E-state index in [1.54, 1.807) is 16.7 Å². The first kappa shape index (κ1) is 15.8. The third-order valence-electron chi connectivity index (χ3n) is 2.78. The highest BCUT2D eigenvalue weighted by Gasteiger charge is 2.16. The third kappa shape index (κ3) is 3.53. The lowest BCUT2D eigenvalue weighted by Crippen LogP contribution is -2.17. The molecule has 0 fully saturated rings. The van der Waals surface area contributed by atoms with Crippen LogP contribution in [0, 0.1) is 10.1 Å². The molecule has 0 aliphatic rings. The Morgan fingerprint density at radius 3 is 2.95 bits per heavy atom. The molecule has 2 rings (SSSR count). The maximum atomic E-state index is 11.6. The SMILES string of the molecule is CCCn1c(SCc2cccc([N+](=O)[O-])c2Br)n[nH]c1=O. The maximum absolute atomic E-state index is 11.6. The normalized spacial score (nSPS) is 10.8. The zero-order valence-corrected chi connectivity index (χ0v) is 13.6. The fourth-order valence-corrected chi connectivity index (χ4v) is 3.50. The zero-order chi connectivity index (χ0) is 15.4. The number of halogens is 1. The third-order valence-corrected chi connectivity index (χ3v) is 4.72. The summed E-state index contributed by atoms with van der Waals surface area (Å²) in [7, 11) is 0. The molecule has 0 saturated heterocycles. The molecule has 1 N–H and O–H groups in total. The number of nitro benzene ring substituents is 1. The van der Waals surface area contributed by atoms with E-state index in [0.717, 1.165) is 12.0 Å². The van der Waals surface area contributed by atoms with Crippen LogP contribution in [0.25, 0.3) is 0 Å². The standard InChI is InChI=1S/C12H13BrN4O3S/c1-2-6-16-11(18)14-15-12(16)21-7-8-4-3-5-9(10(8)13)17(19)20/h3-5H,2,6-7H2,1H3,(H,14,18). The summed E-state index contributed by atoms with van der Waals surface area (Å²) >= 11 is 4.62. The van der Waals surface area contributed by atoms with Crippen molar-refractivity contribution < 1.29 is 4.92 Å². The smallest absolute Gasteiger partial charge is 0.270 e. The predicted octanol–water partition coefficient (Wildman–Crippen LogP) is 2.94. The minimum atomic E-state index is -0.431. The van der Waals surface area contributed by atoms with Gasteiger partial charge in [0.2, 0.25) is 0 Å². The van der Waals surface area contributed by atoms with Crippen LogP contribution in [0.5, 0.6) is 0 Å². The van der Waals surface area contributed by atoms with Crippen LogP contribution in [-0.2, 0) is 12.3 Å². The molecule has 0 unspecified atom stereocenters. The molecule has 0 atom stereocenters. The van der Waals surface area contributed by atoms with E-state index >= 15 is 0 Å². The van der Waals surface area contributed by atoms with Gasteiger partial charge in [0, 0.05) is 18.4 Å². The van der Waals surface area contributed by atoms with Crippen molar-refractivity contribution in [2.75, 3.05) is 0 Å². The van der Waals surface area contributed by atoms with Gasteiger partial charge in [0.05, 0.1) is 9.40 Å². The summed E-state index contributed by atoms with van der Waals surface area (Å²) in [6.07, 6.45) is 0.827. The molecule has 0 amide bonds. The number of thioether (sulfide) groups is 1. The van der Waals surface area contributed by atoms with Gasteiger partial charge in [-0.05, 0) is 27.9 Å². The number of hydrogen-bond donors (Lipinski definition) is 1. The van der Waals surface area contributed by atoms with Gasteiger partial charge in [-0.3, -0.25) is 14.7 Å². The van der Waals surface area contributed by atoms with Crippen LogP contribution in [0.1, 0.15) is 18.9 Å². The number of aromatic amines is 1. The van der Waals surface area contributed by atoms with E-state index in [0.29, 0.717) is 21.9 Å². The first-order valence-electron chi connectivity index (χ1n) is 6.24. The molecule has 112 valence electrons. The summed E-state index contributed by atoms with van der Waals surface area (Å²) < 4.78 is 2.03. The molecule has 0 spiro atoms. The average Bonchev–Trinajstić information content (AvgIpc) is 2.79. The minimum absolute atomic E-state index is 0.0288. The van der Waals surface area contributed by atoms with Gasteiger partial charge in [0.15, 0.2) is 5.16 Å². The van der Waals surface area contributed by atoms with Gasteiger partial charge in [-0.25, -0.2) is 9.89 Å². The first-order chi connectivity index (χ1) is 10.0. The summed E-state index contributed by atoms with van der Waals surface area (Å²) in [5, 5.41) is 17.9. The summed E-state index contributed by atoms with van der Waals surface area (Å²) in [5.74, 6) is 0.482. The highest BCUT2D eigenvalue weighted by molar-refractivity contribution is 9.10. The number of rotatable bonds is 6. The van der Waals surface area contributed by atoms with Gasteiger partial charge in [0.1, 0.15) is 0 Å². The van der Waals surface area contributed by atoms with E-state index in [9.17, 15) is 14.9 Å². The molecule has 0 aliphatic carbocycles. The number of hydrogen-bond acceptors (Lipinski definition) is 5. The summed E-state index contributed by atoms with van der Waals surface area (Å²) in [4.78, 5) is 22.1. The maximum Gasteiger partial charge on any atom is 0.343 e. The quantitative estimate of drug-likeness (QED) is 0.477. The van der Waals surface area contributed by atoms with Gasteiger partial charge >= 0.3 is 5.69 Å². The lowest BCUT2D eigenvalue weighted by Gasteiger charge is -2.05. The van der Waals surface area contributed by atoms with E-state index in [1.807, 2.05) is 6.92 Å². The Hall–Kier alpha value is -1.61. The van der Waals surface area contributed by atoms with Crippen LogP contribution < -0.4 is 5.69 Å². The molecule has 1 aromatic carbocycles. The molecule has 1 aromatic heterocycles. The van der Waals surface area contributed by atoms with Crippen LogP contribution in [0.3, 0.4) is 0 Å². The van der Waals surface area contributed by atoms with Crippen molar-refractivity contribution >= 4 is 33.4 Å². The predicted molar refractivity (Wildman–Crippen MR) is 83.5 cm³/mol. The van der Waals surface area contributed by atoms with Crippen molar-refractivity contribution in [3.8, 4) is 0 Å². The molecule has 7 nitrogen and oxygen atoms in total. The van der Waals surface area contributed by atoms with Gasteiger partial charge in [-0.15, -0.1) is 5.10 Å². The molecule has 1 heterocycles. The van der Waals surface area contributed by atoms with Crippen molar-refractivity contribution in [1.29, 1.82) is 0 Å². The largest absolute Gasteiger partial charge is 0.343 e. The molecule has 2 aromatic rings. The van der Waals surface area contributed by atoms with Crippen molar-refractivity contribution in [3.63, 3.8) is 0 Å². The average molecular weight is 373 g/mol. The zero-order valence-electron chi connectivity index (χ0n) is 11.2. The molecule has 0 saturated carbocycles. The number of H-pyrrole nitrogens is 1. The molecular weight excluding hydrogens is 360 g/mol. The molecular formula is C12H13BrN4O3S. The van der Waals surface area contributed by atoms with Crippen LogP contribution in [-0.4, -0.2) is 19.7 Å². The Morgan fingerprint density at radius 1 is 1.52 bits per heavy atom. The molecule has 21 heavy (non-hydrogen) atoms. The number of benzene rings is 1. The Bertz CT molecular complexity index is 713. The fraction of sp³-hybridized carbons (Fsp3) is 0.333. The first-order valence-corrected chi connectivity index (χ1v) is 8.02. The van der Waals surface area contributed by atoms with Gasteiger partial charge in [-0.2, -0.15) is 0 Å². The van der Waals surface area contributed by atoms with Gasteiger partial charge < -0.3 is 0 Å². The Kier molecular flexibility index (Phi) is 5.18. The minimum Gasteiger partial charge on any atom is -0.270 e. The fourth-order valence-electron chi connectivity index (χ4n) is 1.80. The van der Waals surface area contributed by atoms with Crippen molar-refractivity contribution in [2.45, 2.75) is 30.8 Å². The van der Waals surface area contributed by atoms with E-state index in [4.69, 9.17) is 0 Å². The highest BCUT2D eigenvalue weighted by Crippen LogP contribution is 2.32. The monoisotopic (exact) mass is 372 g/mol. The Balaban J connectivity index is 2.19. The van der Waals surface area contributed by atoms with E-state index in [2.05, 4.69) is 26.1 Å². The van der Waals surface area contributed by atoms with Gasteiger partial charge in [0.25, 0.3) is 5.69 Å². The summed E-state index contributed by atoms with van der Waals surface area (Å²) in [5.41, 5.74) is 0.575. The molecule has 0 aliphatic heterocycles. The van der Waals surface area contributed by atoms with E-state index in [-0.39, 0.29) is 11.4 Å². The second-order valence-corrected chi connectivity index (χ2v) is 5.99. The van der Waals surface area contributed by atoms with Crippen LogP contribution in [0.2, 0.25) is 0 Å². The molecule has 0 bridgehead atoms. The topological polar surface area (TPSA) is 93.8 Å². The van der Waals surface area contributed by atoms with Crippen molar-refractivity contribution in [2.24, 2.45) is 0 Å². The second-order valence-electron chi connectivity index (χ2n) is 4.26. The highest BCUT2D eigenvalue weighted by atomic mass is 79.9.